The van der Waals surface area contributed by atoms with E-state index in [2.05, 4.69) is 5.32 Å². The van der Waals surface area contributed by atoms with E-state index in [0.717, 1.165) is 4.90 Å². The number of Topliss-reactive ketones (excluding diaryl/α,β-unsaturated/α-hetero) is 1. The maximum atomic E-state index is 11.9. The number of hydrogen-bond donors (Lipinski definition) is 2. The number of nitrogens with one attached hydrogen (secondary N) is 1. The highest BCUT2D eigenvalue weighted by Gasteiger charge is 2.24. The largest absolute Gasteiger partial charge is 0.480 e. The summed E-state index contributed by atoms with van der Waals surface area (Å²) in [5.74, 6) is -1.10. The number of hydrogen-bond acceptors (Lipinski definition) is 3. The number of likely N-dealkylation sites (N-methyl/N-ethyl adjacent to an activating group) is 1. The number of amides is 2. The first-order chi connectivity index (χ1) is 9.36. The van der Waals surface area contributed by atoms with Gasteiger partial charge < -0.3 is 15.3 Å². The van der Waals surface area contributed by atoms with E-state index < -0.39 is 18.0 Å². The van der Waals surface area contributed by atoms with Gasteiger partial charge in [-0.3, -0.25) is 4.79 Å². The molecule has 0 aliphatic rings. The Bertz CT molecular complexity index is 510. The van der Waals surface area contributed by atoms with Gasteiger partial charge in [-0.15, -0.1) is 0 Å². The number of carbonyl (C=O) groups is 3. The van der Waals surface area contributed by atoms with E-state index >= 15 is 0 Å². The van der Waals surface area contributed by atoms with Crippen molar-refractivity contribution in [1.82, 2.24) is 4.90 Å². The maximum Gasteiger partial charge on any atom is 0.326 e. The van der Waals surface area contributed by atoms with Crippen LogP contribution in [0.15, 0.2) is 24.3 Å². The minimum absolute atomic E-state index is 0.0584. The van der Waals surface area contributed by atoms with Gasteiger partial charge in [0, 0.05) is 18.3 Å². The van der Waals surface area contributed by atoms with Crippen molar-refractivity contribution >= 4 is 23.5 Å². The van der Waals surface area contributed by atoms with Crippen molar-refractivity contribution in [2.45, 2.75) is 26.3 Å². The average molecular weight is 278 g/mol. The number of anilines is 1. The molecule has 0 spiro atoms. The first-order valence-corrected chi connectivity index (χ1v) is 6.24. The molecule has 2 amide bonds. The Morgan fingerprint density at radius 3 is 2.20 bits per heavy atom. The van der Waals surface area contributed by atoms with Crippen LogP contribution in [0.25, 0.3) is 0 Å². The predicted molar refractivity (Wildman–Crippen MR) is 74.9 cm³/mol. The summed E-state index contributed by atoms with van der Waals surface area (Å²) in [6.45, 7) is 3.16. The highest BCUT2D eigenvalue weighted by atomic mass is 16.4. The maximum absolute atomic E-state index is 11.9. The second kappa shape index (κ2) is 6.70. The molecule has 108 valence electrons. The zero-order valence-electron chi connectivity index (χ0n) is 11.7. The molecule has 0 aliphatic carbocycles. The highest BCUT2D eigenvalue weighted by molar-refractivity contribution is 5.95. The normalized spacial score (nSPS) is 11.6. The van der Waals surface area contributed by atoms with E-state index in [0.29, 0.717) is 17.7 Å². The lowest BCUT2D eigenvalue weighted by Crippen LogP contribution is -2.44. The van der Waals surface area contributed by atoms with Crippen LogP contribution in [-0.2, 0) is 4.79 Å². The van der Waals surface area contributed by atoms with Gasteiger partial charge in [0.1, 0.15) is 6.04 Å². The second-order valence-electron chi connectivity index (χ2n) is 4.44. The van der Waals surface area contributed by atoms with E-state index in [-0.39, 0.29) is 5.78 Å². The molecule has 0 saturated heterocycles. The molecule has 0 bridgehead atoms. The lowest BCUT2D eigenvalue weighted by Gasteiger charge is -2.24. The summed E-state index contributed by atoms with van der Waals surface area (Å²) in [7, 11) is 1.43. The SMILES string of the molecule is CCC(C(=O)O)N(C)C(=O)Nc1ccc(C(C)=O)cc1. The van der Waals surface area contributed by atoms with E-state index in [1.807, 2.05) is 0 Å². The summed E-state index contributed by atoms with van der Waals surface area (Å²) >= 11 is 0. The van der Waals surface area contributed by atoms with Crippen molar-refractivity contribution in [2.75, 3.05) is 12.4 Å². The van der Waals surface area contributed by atoms with Crippen molar-refractivity contribution in [3.05, 3.63) is 29.8 Å². The molecule has 1 atom stereocenters. The van der Waals surface area contributed by atoms with E-state index in [9.17, 15) is 14.4 Å². The third-order valence-electron chi connectivity index (χ3n) is 3.00. The summed E-state index contributed by atoms with van der Waals surface area (Å²) in [6.07, 6.45) is 0.322. The van der Waals surface area contributed by atoms with Gasteiger partial charge >= 0.3 is 12.0 Å². The molecule has 2 N–H and O–H groups in total. The molecule has 0 radical (unpaired) electrons. The van der Waals surface area contributed by atoms with Crippen LogP contribution in [0.5, 0.6) is 0 Å². The van der Waals surface area contributed by atoms with Crippen molar-refractivity contribution < 1.29 is 19.5 Å². The number of nitrogens with zero attached hydrogens (tertiary/aromatic N) is 1. The van der Waals surface area contributed by atoms with Crippen molar-refractivity contribution in [2.24, 2.45) is 0 Å². The highest BCUT2D eigenvalue weighted by Crippen LogP contribution is 2.12. The predicted octanol–water partition coefficient (Wildman–Crippen LogP) is 2.22. The fraction of sp³-hybridized carbons (Fsp3) is 0.357. The Morgan fingerprint density at radius 2 is 1.80 bits per heavy atom. The van der Waals surface area contributed by atoms with Crippen LogP contribution in [0.1, 0.15) is 30.6 Å². The van der Waals surface area contributed by atoms with Crippen molar-refractivity contribution in [3.63, 3.8) is 0 Å². The van der Waals surface area contributed by atoms with Gasteiger partial charge in [0.25, 0.3) is 0 Å². The fourth-order valence-corrected chi connectivity index (χ4v) is 1.76. The average Bonchev–Trinajstić information content (AvgIpc) is 2.39. The summed E-state index contributed by atoms with van der Waals surface area (Å²) < 4.78 is 0. The molecule has 1 aromatic carbocycles. The molecular weight excluding hydrogens is 260 g/mol. The Morgan fingerprint density at radius 1 is 1.25 bits per heavy atom. The lowest BCUT2D eigenvalue weighted by atomic mass is 10.1. The number of carboxylic acid groups (broad SMARTS) is 1. The Hall–Kier alpha value is -2.37. The van der Waals surface area contributed by atoms with Crippen LogP contribution < -0.4 is 5.32 Å². The Kier molecular flexibility index (Phi) is 5.25. The van der Waals surface area contributed by atoms with E-state index in [1.54, 1.807) is 31.2 Å². The quantitative estimate of drug-likeness (QED) is 0.808. The molecule has 1 aromatic rings. The monoisotopic (exact) mass is 278 g/mol. The van der Waals surface area contributed by atoms with Crippen LogP contribution in [0, 0.1) is 0 Å². The molecular formula is C14H18N2O4. The smallest absolute Gasteiger partial charge is 0.326 e. The molecule has 6 heteroatoms. The van der Waals surface area contributed by atoms with Crippen molar-refractivity contribution in [3.8, 4) is 0 Å². The van der Waals surface area contributed by atoms with Gasteiger partial charge in [0.15, 0.2) is 5.78 Å². The Balaban J connectivity index is 2.74. The zero-order valence-corrected chi connectivity index (χ0v) is 11.7. The van der Waals surface area contributed by atoms with E-state index in [4.69, 9.17) is 5.11 Å². The molecule has 0 fully saturated rings. The number of aliphatic carboxylic acids is 1. The molecule has 1 unspecified atom stereocenters. The molecule has 0 saturated carbocycles. The third kappa shape index (κ3) is 3.81. The minimum atomic E-state index is -1.04. The molecule has 20 heavy (non-hydrogen) atoms. The molecule has 6 nitrogen and oxygen atoms in total. The van der Waals surface area contributed by atoms with Crippen LogP contribution >= 0.6 is 0 Å². The van der Waals surface area contributed by atoms with Gasteiger partial charge in [-0.1, -0.05) is 6.92 Å². The minimum Gasteiger partial charge on any atom is -0.480 e. The van der Waals surface area contributed by atoms with Gasteiger partial charge in [-0.05, 0) is 37.6 Å². The second-order valence-corrected chi connectivity index (χ2v) is 4.44. The first-order valence-electron chi connectivity index (χ1n) is 6.24. The number of benzene rings is 1. The number of rotatable bonds is 5. The standard InChI is InChI=1S/C14H18N2O4/c1-4-12(13(18)19)16(3)14(20)15-11-7-5-10(6-8-11)9(2)17/h5-8,12H,4H2,1-3H3,(H,15,20)(H,18,19). The number of carbonyl (C=O) groups excluding carboxylic acids is 2. The summed E-state index contributed by atoms with van der Waals surface area (Å²) in [5, 5.41) is 11.6. The summed E-state index contributed by atoms with van der Waals surface area (Å²) in [5.41, 5.74) is 1.06. The number of urea groups is 1. The topological polar surface area (TPSA) is 86.7 Å². The van der Waals surface area contributed by atoms with Crippen LogP contribution in [-0.4, -0.2) is 40.9 Å². The fourth-order valence-electron chi connectivity index (χ4n) is 1.76. The van der Waals surface area contributed by atoms with Crippen LogP contribution in [0.4, 0.5) is 10.5 Å². The van der Waals surface area contributed by atoms with E-state index in [1.165, 1.54) is 14.0 Å². The van der Waals surface area contributed by atoms with Crippen LogP contribution in [0.3, 0.4) is 0 Å². The molecule has 1 rings (SSSR count). The molecule has 0 aromatic heterocycles. The van der Waals surface area contributed by atoms with Gasteiger partial charge in [-0.25, -0.2) is 9.59 Å². The molecule has 0 aliphatic heterocycles. The van der Waals surface area contributed by atoms with Gasteiger partial charge in [0.05, 0.1) is 0 Å². The first kappa shape index (κ1) is 15.7. The summed E-state index contributed by atoms with van der Waals surface area (Å²) in [6, 6.07) is 5.04. The third-order valence-corrected chi connectivity index (χ3v) is 3.00. The number of carboxylic acids is 1. The Labute approximate surface area is 117 Å². The zero-order chi connectivity index (χ0) is 15.3. The van der Waals surface area contributed by atoms with Gasteiger partial charge in [-0.2, -0.15) is 0 Å². The van der Waals surface area contributed by atoms with Gasteiger partial charge in [0.2, 0.25) is 0 Å². The van der Waals surface area contributed by atoms with Crippen LogP contribution in [0.2, 0.25) is 0 Å². The van der Waals surface area contributed by atoms with Crippen molar-refractivity contribution in [1.29, 1.82) is 0 Å². The lowest BCUT2D eigenvalue weighted by molar-refractivity contribution is -0.141. The summed E-state index contributed by atoms with van der Waals surface area (Å²) in [4.78, 5) is 35.2. The number of ketones is 1. The molecule has 0 heterocycles.